The third-order valence-corrected chi connectivity index (χ3v) is 5.52. The van der Waals surface area contributed by atoms with E-state index in [2.05, 4.69) is 27.0 Å². The molecule has 0 saturated carbocycles. The molecule has 2 unspecified atom stereocenters. The van der Waals surface area contributed by atoms with Gasteiger partial charge in [0.15, 0.2) is 0 Å². The van der Waals surface area contributed by atoms with E-state index in [1.807, 2.05) is 11.0 Å². The fraction of sp³-hybridized carbons (Fsp3) is 0.611. The number of rotatable bonds is 3. The van der Waals surface area contributed by atoms with Crippen molar-refractivity contribution in [3.05, 3.63) is 23.9 Å². The van der Waals surface area contributed by atoms with Gasteiger partial charge in [-0.25, -0.2) is 9.78 Å². The number of carbonyl (C=O) groups excluding carboxylic acids is 1. The highest BCUT2D eigenvalue weighted by molar-refractivity contribution is 5.85. The van der Waals surface area contributed by atoms with Gasteiger partial charge in [0.1, 0.15) is 11.9 Å². The number of nitrogens with one attached hydrogen (secondary N) is 3. The first-order chi connectivity index (χ1) is 12.2. The van der Waals surface area contributed by atoms with E-state index in [0.29, 0.717) is 30.2 Å². The molecule has 148 valence electrons. The third kappa shape index (κ3) is 5.16. The summed E-state index contributed by atoms with van der Waals surface area (Å²) in [7, 11) is 0. The maximum absolute atomic E-state index is 12.5. The number of pyridine rings is 1. The second kappa shape index (κ2) is 9.45. The maximum atomic E-state index is 12.5. The van der Waals surface area contributed by atoms with Gasteiger partial charge >= 0.3 is 6.03 Å². The van der Waals surface area contributed by atoms with Crippen LogP contribution in [0, 0.1) is 11.3 Å². The average Bonchev–Trinajstić information content (AvgIpc) is 3.22. The molecular weight excluding hydrogens is 387 g/mol. The van der Waals surface area contributed by atoms with Gasteiger partial charge in [0.05, 0.1) is 5.56 Å². The number of carbonyl (C=O) groups is 1. The lowest BCUT2D eigenvalue weighted by molar-refractivity contribution is 0.197. The standard InChI is InChI=1S/C18H24N6O.2ClH/c19-9-12-1-4-17(20-10-12)22-15-5-6-24(11-15)18(25)23-16-7-13-2-3-14(8-16)21-13;;/h1,4,10,13-16,21H,2-3,5-8,11H2,(H,20,22)(H,23,25);2*1H/t13?,14?,15-,16?;;/m1../s1. The van der Waals surface area contributed by atoms with Crippen molar-refractivity contribution in [3.63, 3.8) is 0 Å². The van der Waals surface area contributed by atoms with E-state index < -0.39 is 0 Å². The maximum Gasteiger partial charge on any atom is 0.317 e. The van der Waals surface area contributed by atoms with Crippen molar-refractivity contribution < 1.29 is 4.79 Å². The number of nitriles is 1. The molecule has 9 heteroatoms. The Labute approximate surface area is 172 Å². The first-order valence-electron chi connectivity index (χ1n) is 9.14. The summed E-state index contributed by atoms with van der Waals surface area (Å²) in [5.41, 5.74) is 0.550. The van der Waals surface area contributed by atoms with Crippen molar-refractivity contribution in [2.24, 2.45) is 0 Å². The van der Waals surface area contributed by atoms with Gasteiger partial charge in [-0.3, -0.25) is 0 Å². The molecule has 3 fully saturated rings. The van der Waals surface area contributed by atoms with Gasteiger partial charge in [-0.05, 0) is 44.2 Å². The first kappa shape index (κ1) is 21.5. The van der Waals surface area contributed by atoms with Crippen LogP contribution in [-0.4, -0.2) is 53.2 Å². The summed E-state index contributed by atoms with van der Waals surface area (Å²) in [4.78, 5) is 18.7. The van der Waals surface area contributed by atoms with Crippen LogP contribution in [0.2, 0.25) is 0 Å². The molecular formula is C18H26Cl2N6O. The van der Waals surface area contributed by atoms with Crippen LogP contribution in [-0.2, 0) is 0 Å². The summed E-state index contributed by atoms with van der Waals surface area (Å²) in [6.45, 7) is 1.45. The molecule has 3 aliphatic heterocycles. The van der Waals surface area contributed by atoms with E-state index >= 15 is 0 Å². The lowest BCUT2D eigenvalue weighted by Crippen LogP contribution is -2.51. The Morgan fingerprint density at radius 1 is 1.19 bits per heavy atom. The highest BCUT2D eigenvalue weighted by Gasteiger charge is 2.35. The minimum Gasteiger partial charge on any atom is -0.365 e. The number of nitrogens with zero attached hydrogens (tertiary/aromatic N) is 3. The van der Waals surface area contributed by atoms with Gasteiger partial charge in [0.2, 0.25) is 0 Å². The Hall–Kier alpha value is -1.75. The van der Waals surface area contributed by atoms with Crippen LogP contribution in [0.15, 0.2) is 18.3 Å². The van der Waals surface area contributed by atoms with Crippen LogP contribution in [0.25, 0.3) is 0 Å². The van der Waals surface area contributed by atoms with E-state index in [4.69, 9.17) is 5.26 Å². The molecule has 0 spiro atoms. The Morgan fingerprint density at radius 3 is 2.56 bits per heavy atom. The molecule has 3 atom stereocenters. The molecule has 7 nitrogen and oxygen atoms in total. The number of fused-ring (bicyclic) bond motifs is 2. The number of urea groups is 1. The van der Waals surface area contributed by atoms with Gasteiger partial charge in [0, 0.05) is 43.5 Å². The second-order valence-corrected chi connectivity index (χ2v) is 7.38. The van der Waals surface area contributed by atoms with E-state index in [1.54, 1.807) is 12.3 Å². The van der Waals surface area contributed by atoms with Gasteiger partial charge in [0.25, 0.3) is 0 Å². The number of hydrogen-bond acceptors (Lipinski definition) is 5. The summed E-state index contributed by atoms with van der Waals surface area (Å²) in [6, 6.07) is 7.36. The summed E-state index contributed by atoms with van der Waals surface area (Å²) in [5.74, 6) is 0.751. The zero-order valence-electron chi connectivity index (χ0n) is 15.1. The molecule has 2 bridgehead atoms. The molecule has 27 heavy (non-hydrogen) atoms. The fourth-order valence-electron chi connectivity index (χ4n) is 4.26. The first-order valence-corrected chi connectivity index (χ1v) is 9.14. The topological polar surface area (TPSA) is 93.1 Å². The van der Waals surface area contributed by atoms with Crippen LogP contribution < -0.4 is 16.0 Å². The Balaban J connectivity index is 0.00000131. The molecule has 3 N–H and O–H groups in total. The number of halogens is 2. The largest absolute Gasteiger partial charge is 0.365 e. The average molecular weight is 413 g/mol. The minimum absolute atomic E-state index is 0. The molecule has 0 aromatic carbocycles. The normalized spacial score (nSPS) is 28.5. The lowest BCUT2D eigenvalue weighted by atomic mass is 10.00. The second-order valence-electron chi connectivity index (χ2n) is 7.38. The van der Waals surface area contributed by atoms with E-state index in [1.165, 1.54) is 12.8 Å². The van der Waals surface area contributed by atoms with Gasteiger partial charge in [-0.2, -0.15) is 5.26 Å². The van der Waals surface area contributed by atoms with Crippen LogP contribution in [0.4, 0.5) is 10.6 Å². The zero-order chi connectivity index (χ0) is 17.2. The van der Waals surface area contributed by atoms with E-state index in [0.717, 1.165) is 31.6 Å². The summed E-state index contributed by atoms with van der Waals surface area (Å²) >= 11 is 0. The van der Waals surface area contributed by atoms with Crippen molar-refractivity contribution in [1.82, 2.24) is 20.5 Å². The monoisotopic (exact) mass is 412 g/mol. The van der Waals surface area contributed by atoms with Gasteiger partial charge in [-0.1, -0.05) is 0 Å². The predicted molar refractivity (Wildman–Crippen MR) is 109 cm³/mol. The highest BCUT2D eigenvalue weighted by atomic mass is 35.5. The molecule has 3 saturated heterocycles. The lowest BCUT2D eigenvalue weighted by Gasteiger charge is -2.31. The van der Waals surface area contributed by atoms with Crippen LogP contribution in [0.5, 0.6) is 0 Å². The highest BCUT2D eigenvalue weighted by Crippen LogP contribution is 2.27. The smallest absolute Gasteiger partial charge is 0.317 e. The van der Waals surface area contributed by atoms with E-state index in [9.17, 15) is 4.79 Å². The molecule has 4 rings (SSSR count). The number of amides is 2. The zero-order valence-corrected chi connectivity index (χ0v) is 16.7. The Kier molecular flexibility index (Phi) is 7.54. The molecule has 0 radical (unpaired) electrons. The molecule has 3 aliphatic rings. The van der Waals surface area contributed by atoms with Gasteiger partial charge < -0.3 is 20.9 Å². The van der Waals surface area contributed by atoms with Crippen molar-refractivity contribution >= 4 is 36.7 Å². The summed E-state index contributed by atoms with van der Waals surface area (Å²) in [5, 5.41) is 19.0. The predicted octanol–water partition coefficient (Wildman–Crippen LogP) is 2.28. The van der Waals surface area contributed by atoms with Gasteiger partial charge in [-0.15, -0.1) is 24.8 Å². The molecule has 1 aromatic rings. The van der Waals surface area contributed by atoms with Crippen LogP contribution in [0.1, 0.15) is 37.7 Å². The number of anilines is 1. The number of aromatic nitrogens is 1. The molecule has 4 heterocycles. The molecule has 0 aliphatic carbocycles. The van der Waals surface area contributed by atoms with Crippen molar-refractivity contribution in [2.75, 3.05) is 18.4 Å². The fourth-order valence-corrected chi connectivity index (χ4v) is 4.26. The summed E-state index contributed by atoms with van der Waals surface area (Å²) < 4.78 is 0. The van der Waals surface area contributed by atoms with E-state index in [-0.39, 0.29) is 36.9 Å². The van der Waals surface area contributed by atoms with Crippen molar-refractivity contribution in [1.29, 1.82) is 5.26 Å². The Morgan fingerprint density at radius 2 is 1.93 bits per heavy atom. The van der Waals surface area contributed by atoms with Crippen LogP contribution >= 0.6 is 24.8 Å². The minimum atomic E-state index is 0. The quantitative estimate of drug-likeness (QED) is 0.707. The number of likely N-dealkylation sites (tertiary alicyclic amines) is 1. The number of piperidine rings is 1. The SMILES string of the molecule is Cl.Cl.N#Cc1ccc(N[C@@H]2CCN(C(=O)NC3CC4CCC(C3)N4)C2)nc1. The molecule has 2 amide bonds. The van der Waals surface area contributed by atoms with Crippen molar-refractivity contribution in [2.45, 2.75) is 56.3 Å². The van der Waals surface area contributed by atoms with Crippen molar-refractivity contribution in [3.8, 4) is 6.07 Å². The third-order valence-electron chi connectivity index (χ3n) is 5.52. The number of hydrogen-bond donors (Lipinski definition) is 3. The Bertz CT molecular complexity index is 667. The summed E-state index contributed by atoms with van der Waals surface area (Å²) in [6.07, 6.45) is 7.05. The molecule has 1 aromatic heterocycles. The van der Waals surface area contributed by atoms with Crippen LogP contribution in [0.3, 0.4) is 0 Å².